The molecule has 2 aromatic carbocycles. The summed E-state index contributed by atoms with van der Waals surface area (Å²) in [7, 11) is 1.79. The number of anilines is 2. The number of aromatic nitrogens is 1. The Balaban J connectivity index is 1.60. The minimum Gasteiger partial charge on any atom is -0.489 e. The van der Waals surface area contributed by atoms with E-state index >= 15 is 0 Å². The maximum atomic E-state index is 12.4. The Kier molecular flexibility index (Phi) is 5.30. The van der Waals surface area contributed by atoms with Crippen LogP contribution in [-0.2, 0) is 6.61 Å². The van der Waals surface area contributed by atoms with E-state index in [1.807, 2.05) is 61.5 Å². The van der Waals surface area contributed by atoms with Gasteiger partial charge in [-0.3, -0.25) is 4.79 Å². The van der Waals surface area contributed by atoms with Gasteiger partial charge < -0.3 is 15.4 Å². The van der Waals surface area contributed by atoms with E-state index in [-0.39, 0.29) is 5.91 Å². The molecule has 1 heterocycles. The molecule has 0 atom stereocenters. The third kappa shape index (κ3) is 4.36. The lowest BCUT2D eigenvalue weighted by Gasteiger charge is -2.08. The van der Waals surface area contributed by atoms with E-state index in [1.54, 1.807) is 7.05 Å². The monoisotopic (exact) mass is 353 g/mol. The van der Waals surface area contributed by atoms with Crippen molar-refractivity contribution in [1.82, 2.24) is 4.98 Å². The number of nitrogens with zero attached hydrogens (tertiary/aromatic N) is 1. The molecule has 0 spiro atoms. The zero-order valence-corrected chi connectivity index (χ0v) is 14.9. The standard InChI is InChI=1S/C19H19N3O2S/c1-13-17(25-19(20-2)21-13)18(23)22-15-8-10-16(11-9-15)24-12-14-6-4-3-5-7-14/h3-11H,12H2,1-2H3,(H,20,21)(H,22,23). The average Bonchev–Trinajstić information content (AvgIpc) is 3.03. The molecule has 0 aliphatic rings. The van der Waals surface area contributed by atoms with Crippen molar-refractivity contribution in [3.63, 3.8) is 0 Å². The molecule has 5 nitrogen and oxygen atoms in total. The Bertz CT molecular complexity index is 845. The summed E-state index contributed by atoms with van der Waals surface area (Å²) in [6.07, 6.45) is 0. The second-order valence-electron chi connectivity index (χ2n) is 5.44. The molecule has 0 aliphatic heterocycles. The Morgan fingerprint density at radius 2 is 1.84 bits per heavy atom. The highest BCUT2D eigenvalue weighted by Gasteiger charge is 2.15. The molecule has 0 aliphatic carbocycles. The Labute approximate surface area is 150 Å². The molecule has 0 bridgehead atoms. The van der Waals surface area contributed by atoms with Crippen molar-refractivity contribution in [3.8, 4) is 5.75 Å². The van der Waals surface area contributed by atoms with Gasteiger partial charge in [0.1, 0.15) is 17.2 Å². The van der Waals surface area contributed by atoms with E-state index in [1.165, 1.54) is 11.3 Å². The van der Waals surface area contributed by atoms with Crippen LogP contribution in [0.25, 0.3) is 0 Å². The van der Waals surface area contributed by atoms with Crippen LogP contribution in [0.2, 0.25) is 0 Å². The Hall–Kier alpha value is -2.86. The summed E-state index contributed by atoms with van der Waals surface area (Å²) < 4.78 is 5.74. The first-order valence-corrected chi connectivity index (χ1v) is 8.70. The molecule has 0 fully saturated rings. The van der Waals surface area contributed by atoms with Gasteiger partial charge in [-0.15, -0.1) is 0 Å². The normalized spacial score (nSPS) is 10.3. The van der Waals surface area contributed by atoms with E-state index in [9.17, 15) is 4.79 Å². The maximum Gasteiger partial charge on any atom is 0.267 e. The van der Waals surface area contributed by atoms with Crippen LogP contribution < -0.4 is 15.4 Å². The molecule has 0 unspecified atom stereocenters. The summed E-state index contributed by atoms with van der Waals surface area (Å²) in [6.45, 7) is 2.34. The van der Waals surface area contributed by atoms with Crippen LogP contribution in [0, 0.1) is 6.92 Å². The smallest absolute Gasteiger partial charge is 0.267 e. The zero-order valence-electron chi connectivity index (χ0n) is 14.1. The van der Waals surface area contributed by atoms with Crippen molar-refractivity contribution < 1.29 is 9.53 Å². The fourth-order valence-electron chi connectivity index (χ4n) is 2.28. The summed E-state index contributed by atoms with van der Waals surface area (Å²) in [5.74, 6) is 0.600. The number of thiazole rings is 1. The van der Waals surface area contributed by atoms with E-state index < -0.39 is 0 Å². The van der Waals surface area contributed by atoms with Crippen LogP contribution in [0.4, 0.5) is 10.8 Å². The molecule has 3 aromatic rings. The quantitative estimate of drug-likeness (QED) is 0.692. The maximum absolute atomic E-state index is 12.4. The van der Waals surface area contributed by atoms with Crippen LogP contribution in [0.15, 0.2) is 54.6 Å². The van der Waals surface area contributed by atoms with E-state index in [4.69, 9.17) is 4.74 Å². The third-order valence-electron chi connectivity index (χ3n) is 3.58. The van der Waals surface area contributed by atoms with E-state index in [0.29, 0.717) is 11.5 Å². The van der Waals surface area contributed by atoms with Crippen molar-refractivity contribution in [2.45, 2.75) is 13.5 Å². The van der Waals surface area contributed by atoms with Crippen LogP contribution >= 0.6 is 11.3 Å². The fraction of sp³-hybridized carbons (Fsp3) is 0.158. The summed E-state index contributed by atoms with van der Waals surface area (Å²) >= 11 is 1.34. The van der Waals surface area contributed by atoms with Gasteiger partial charge >= 0.3 is 0 Å². The van der Waals surface area contributed by atoms with Crippen molar-refractivity contribution in [2.75, 3.05) is 17.7 Å². The molecular formula is C19H19N3O2S. The lowest BCUT2D eigenvalue weighted by Crippen LogP contribution is -2.11. The van der Waals surface area contributed by atoms with Gasteiger partial charge in [0.2, 0.25) is 0 Å². The molecule has 1 amide bonds. The van der Waals surface area contributed by atoms with E-state index in [0.717, 1.165) is 27.8 Å². The van der Waals surface area contributed by atoms with Gasteiger partial charge in [0, 0.05) is 12.7 Å². The van der Waals surface area contributed by atoms with Crippen molar-refractivity contribution in [3.05, 3.63) is 70.7 Å². The lowest BCUT2D eigenvalue weighted by molar-refractivity contribution is 0.103. The van der Waals surface area contributed by atoms with Gasteiger partial charge in [-0.1, -0.05) is 41.7 Å². The molecular weight excluding hydrogens is 334 g/mol. The summed E-state index contributed by atoms with van der Waals surface area (Å²) in [5.41, 5.74) is 2.55. The number of hydrogen-bond donors (Lipinski definition) is 2. The number of benzene rings is 2. The Morgan fingerprint density at radius 1 is 1.12 bits per heavy atom. The SMILES string of the molecule is CNc1nc(C)c(C(=O)Nc2ccc(OCc3ccccc3)cc2)s1. The van der Waals surface area contributed by atoms with Crippen LogP contribution in [-0.4, -0.2) is 17.9 Å². The number of ether oxygens (including phenoxy) is 1. The summed E-state index contributed by atoms with van der Waals surface area (Å²) in [5, 5.41) is 6.57. The number of hydrogen-bond acceptors (Lipinski definition) is 5. The minimum absolute atomic E-state index is 0.158. The lowest BCUT2D eigenvalue weighted by atomic mass is 10.2. The predicted molar refractivity (Wildman–Crippen MR) is 102 cm³/mol. The highest BCUT2D eigenvalue weighted by molar-refractivity contribution is 7.17. The highest BCUT2D eigenvalue weighted by atomic mass is 32.1. The Morgan fingerprint density at radius 3 is 2.48 bits per heavy atom. The molecule has 6 heteroatoms. The summed E-state index contributed by atoms with van der Waals surface area (Å²) in [4.78, 5) is 17.3. The average molecular weight is 353 g/mol. The van der Waals surface area contributed by atoms with Gasteiger partial charge in [-0.05, 0) is 36.8 Å². The van der Waals surface area contributed by atoms with Gasteiger partial charge in [-0.25, -0.2) is 4.98 Å². The molecule has 0 radical (unpaired) electrons. The molecule has 2 N–H and O–H groups in total. The molecule has 25 heavy (non-hydrogen) atoms. The molecule has 0 saturated heterocycles. The fourth-order valence-corrected chi connectivity index (χ4v) is 3.09. The summed E-state index contributed by atoms with van der Waals surface area (Å²) in [6, 6.07) is 17.3. The number of rotatable bonds is 6. The topological polar surface area (TPSA) is 63.2 Å². The van der Waals surface area contributed by atoms with E-state index in [2.05, 4.69) is 15.6 Å². The zero-order chi connectivity index (χ0) is 17.6. The van der Waals surface area contributed by atoms with Crippen molar-refractivity contribution >= 4 is 28.1 Å². The second kappa shape index (κ2) is 7.81. The number of amides is 1. The number of aryl methyl sites for hydroxylation is 1. The van der Waals surface area contributed by atoms with Crippen molar-refractivity contribution in [2.24, 2.45) is 0 Å². The highest BCUT2D eigenvalue weighted by Crippen LogP contribution is 2.24. The molecule has 1 aromatic heterocycles. The van der Waals surface area contributed by atoms with Crippen molar-refractivity contribution in [1.29, 1.82) is 0 Å². The van der Waals surface area contributed by atoms with Gasteiger partial charge in [0.15, 0.2) is 5.13 Å². The third-order valence-corrected chi connectivity index (χ3v) is 4.75. The minimum atomic E-state index is -0.158. The predicted octanol–water partition coefficient (Wildman–Crippen LogP) is 4.32. The largest absolute Gasteiger partial charge is 0.489 e. The first-order chi connectivity index (χ1) is 12.2. The molecule has 128 valence electrons. The van der Waals surface area contributed by atoms with Crippen LogP contribution in [0.1, 0.15) is 20.9 Å². The molecule has 3 rings (SSSR count). The number of carbonyl (C=O) groups excluding carboxylic acids is 1. The van der Waals surface area contributed by atoms with Crippen LogP contribution in [0.3, 0.4) is 0 Å². The number of carbonyl (C=O) groups is 1. The first-order valence-electron chi connectivity index (χ1n) is 7.89. The van der Waals surface area contributed by atoms with Gasteiger partial charge in [-0.2, -0.15) is 0 Å². The van der Waals surface area contributed by atoms with Gasteiger partial charge in [0.25, 0.3) is 5.91 Å². The molecule has 0 saturated carbocycles. The van der Waals surface area contributed by atoms with Gasteiger partial charge in [0.05, 0.1) is 5.69 Å². The van der Waals surface area contributed by atoms with Crippen LogP contribution in [0.5, 0.6) is 5.75 Å². The second-order valence-corrected chi connectivity index (χ2v) is 6.44. The first kappa shape index (κ1) is 17.0. The number of nitrogens with one attached hydrogen (secondary N) is 2.